The topological polar surface area (TPSA) is 20.3 Å². The van der Waals surface area contributed by atoms with Gasteiger partial charge in [-0.2, -0.15) is 0 Å². The van der Waals surface area contributed by atoms with E-state index in [1.54, 1.807) is 0 Å². The van der Waals surface area contributed by atoms with E-state index >= 15 is 0 Å². The van der Waals surface area contributed by atoms with Gasteiger partial charge in [-0.05, 0) is 50.6 Å². The van der Waals surface area contributed by atoms with E-state index in [-0.39, 0.29) is 11.3 Å². The lowest BCUT2D eigenvalue weighted by Gasteiger charge is -2.27. The maximum Gasteiger partial charge on any atom is 0.142 e. The summed E-state index contributed by atoms with van der Waals surface area (Å²) < 4.78 is 0. The molecule has 0 N–H and O–H groups in total. The number of Topliss-reactive ketones (excluding diaryl/α,β-unsaturated/α-hetero) is 1. The summed E-state index contributed by atoms with van der Waals surface area (Å²) in [6.45, 7) is 16.6. The zero-order valence-corrected chi connectivity index (χ0v) is 14.5. The predicted molar refractivity (Wildman–Crippen MR) is 86.9 cm³/mol. The third kappa shape index (κ3) is 5.55. The first-order valence-electron chi connectivity index (χ1n) is 8.49. The number of nitrogens with zero attached hydrogens (tertiary/aromatic N) is 1. The minimum atomic E-state index is -0.0770. The highest BCUT2D eigenvalue weighted by molar-refractivity contribution is 5.88. The Kier molecular flexibility index (Phi) is 6.71. The van der Waals surface area contributed by atoms with Crippen molar-refractivity contribution >= 4 is 5.78 Å². The molecule has 0 saturated heterocycles. The number of ketones is 1. The molecule has 2 heteroatoms. The van der Waals surface area contributed by atoms with Crippen LogP contribution in [0.1, 0.15) is 67.2 Å². The van der Waals surface area contributed by atoms with E-state index in [2.05, 4.69) is 46.4 Å². The van der Waals surface area contributed by atoms with E-state index in [0.717, 1.165) is 44.3 Å². The Morgan fingerprint density at radius 3 is 1.95 bits per heavy atom. The molecule has 1 unspecified atom stereocenters. The Morgan fingerprint density at radius 2 is 1.60 bits per heavy atom. The van der Waals surface area contributed by atoms with Gasteiger partial charge in [0, 0.05) is 17.9 Å². The molecule has 2 nitrogen and oxygen atoms in total. The summed E-state index contributed by atoms with van der Waals surface area (Å²) in [5.41, 5.74) is -0.0770. The van der Waals surface area contributed by atoms with Gasteiger partial charge < -0.3 is 4.90 Å². The largest absolute Gasteiger partial charge is 0.303 e. The van der Waals surface area contributed by atoms with E-state index in [1.807, 2.05) is 0 Å². The van der Waals surface area contributed by atoms with Crippen LogP contribution in [-0.4, -0.2) is 30.3 Å². The molecule has 0 bridgehead atoms. The van der Waals surface area contributed by atoms with Crippen molar-refractivity contribution in [2.24, 2.45) is 23.2 Å². The first-order chi connectivity index (χ1) is 9.22. The van der Waals surface area contributed by atoms with Crippen molar-refractivity contribution in [3.05, 3.63) is 0 Å². The van der Waals surface area contributed by atoms with Crippen LogP contribution in [-0.2, 0) is 4.79 Å². The van der Waals surface area contributed by atoms with Crippen molar-refractivity contribution in [2.45, 2.75) is 67.2 Å². The molecule has 0 aliphatic heterocycles. The molecule has 0 aromatic carbocycles. The van der Waals surface area contributed by atoms with Gasteiger partial charge in [-0.15, -0.1) is 0 Å². The highest BCUT2D eigenvalue weighted by atomic mass is 16.1. The molecule has 0 aromatic heterocycles. The molecule has 1 saturated carbocycles. The van der Waals surface area contributed by atoms with Gasteiger partial charge in [0.05, 0.1) is 0 Å². The van der Waals surface area contributed by atoms with Gasteiger partial charge in [0.25, 0.3) is 0 Å². The van der Waals surface area contributed by atoms with Gasteiger partial charge in [0.15, 0.2) is 0 Å². The van der Waals surface area contributed by atoms with Crippen LogP contribution in [0.25, 0.3) is 0 Å². The van der Waals surface area contributed by atoms with Crippen molar-refractivity contribution < 1.29 is 4.79 Å². The Labute approximate surface area is 126 Å². The highest BCUT2D eigenvalue weighted by Crippen LogP contribution is 2.37. The average molecular weight is 281 g/mol. The second kappa shape index (κ2) is 7.59. The van der Waals surface area contributed by atoms with Crippen LogP contribution in [0.4, 0.5) is 0 Å². The molecule has 118 valence electrons. The Bertz CT molecular complexity index is 295. The summed E-state index contributed by atoms with van der Waals surface area (Å²) in [7, 11) is 0. The average Bonchev–Trinajstić information content (AvgIpc) is 2.59. The third-order valence-electron chi connectivity index (χ3n) is 4.68. The van der Waals surface area contributed by atoms with E-state index in [4.69, 9.17) is 0 Å². The first-order valence-corrected chi connectivity index (χ1v) is 8.49. The number of carbonyl (C=O) groups excluding carboxylic acids is 1. The lowest BCUT2D eigenvalue weighted by atomic mass is 9.89. The zero-order valence-electron chi connectivity index (χ0n) is 14.5. The summed E-state index contributed by atoms with van der Waals surface area (Å²) >= 11 is 0. The third-order valence-corrected chi connectivity index (χ3v) is 4.68. The molecule has 1 atom stereocenters. The van der Waals surface area contributed by atoms with Crippen LogP contribution >= 0.6 is 0 Å². The smallest absolute Gasteiger partial charge is 0.142 e. The number of hydrogen-bond donors (Lipinski definition) is 0. The van der Waals surface area contributed by atoms with Gasteiger partial charge in [-0.1, -0.05) is 41.5 Å². The minimum Gasteiger partial charge on any atom is -0.303 e. The molecule has 1 aliphatic rings. The summed E-state index contributed by atoms with van der Waals surface area (Å²) in [4.78, 5) is 15.0. The molecule has 20 heavy (non-hydrogen) atoms. The Morgan fingerprint density at radius 1 is 1.10 bits per heavy atom. The normalized spacial score (nSPS) is 22.4. The van der Waals surface area contributed by atoms with Crippen LogP contribution in [0.3, 0.4) is 0 Å². The second-order valence-electron chi connectivity index (χ2n) is 8.15. The maximum absolute atomic E-state index is 12.4. The van der Waals surface area contributed by atoms with Crippen LogP contribution < -0.4 is 0 Å². The van der Waals surface area contributed by atoms with Crippen LogP contribution in [0.15, 0.2) is 0 Å². The number of hydrogen-bond acceptors (Lipinski definition) is 2. The predicted octanol–water partition coefficient (Wildman–Crippen LogP) is 4.39. The Hall–Kier alpha value is -0.370. The highest BCUT2D eigenvalue weighted by Gasteiger charge is 2.40. The summed E-state index contributed by atoms with van der Waals surface area (Å²) in [5.74, 6) is 2.26. The molecule has 0 aromatic rings. The molecule has 0 heterocycles. The van der Waals surface area contributed by atoms with Gasteiger partial charge in [-0.3, -0.25) is 4.79 Å². The standard InChI is InChI=1S/C18H35NO/c1-14(2)8-11-19(12-9-15(3)4)13-16-7-10-18(5,6)17(16)20/h14-16H,7-13H2,1-6H3. The Balaban J connectivity index is 2.53. The van der Waals surface area contributed by atoms with E-state index < -0.39 is 0 Å². The second-order valence-corrected chi connectivity index (χ2v) is 8.15. The summed E-state index contributed by atoms with van der Waals surface area (Å²) in [6, 6.07) is 0. The van der Waals surface area contributed by atoms with Gasteiger partial charge in [-0.25, -0.2) is 0 Å². The number of carbonyl (C=O) groups is 1. The number of rotatable bonds is 8. The minimum absolute atomic E-state index is 0.0770. The summed E-state index contributed by atoms with van der Waals surface area (Å²) in [5, 5.41) is 0. The molecule has 1 rings (SSSR count). The quantitative estimate of drug-likeness (QED) is 0.658. The van der Waals surface area contributed by atoms with Crippen molar-refractivity contribution in [3.8, 4) is 0 Å². The fourth-order valence-corrected chi connectivity index (χ4v) is 3.00. The molecular weight excluding hydrogens is 246 g/mol. The molecular formula is C18H35NO. The van der Waals surface area contributed by atoms with E-state index in [1.165, 1.54) is 12.8 Å². The van der Waals surface area contributed by atoms with Crippen molar-refractivity contribution in [1.29, 1.82) is 0 Å². The molecule has 0 spiro atoms. The van der Waals surface area contributed by atoms with E-state index in [9.17, 15) is 4.79 Å². The fraction of sp³-hybridized carbons (Fsp3) is 0.944. The lowest BCUT2D eigenvalue weighted by molar-refractivity contribution is -0.128. The molecule has 0 amide bonds. The zero-order chi connectivity index (χ0) is 15.3. The molecule has 1 fully saturated rings. The van der Waals surface area contributed by atoms with Crippen molar-refractivity contribution in [1.82, 2.24) is 4.90 Å². The summed E-state index contributed by atoms with van der Waals surface area (Å²) in [6.07, 6.45) is 4.63. The SMILES string of the molecule is CC(C)CCN(CCC(C)C)CC1CCC(C)(C)C1=O. The first kappa shape index (κ1) is 17.7. The lowest BCUT2D eigenvalue weighted by Crippen LogP contribution is -2.35. The van der Waals surface area contributed by atoms with E-state index in [0.29, 0.717) is 5.78 Å². The van der Waals surface area contributed by atoms with Gasteiger partial charge >= 0.3 is 0 Å². The van der Waals surface area contributed by atoms with Crippen LogP contribution in [0.5, 0.6) is 0 Å². The van der Waals surface area contributed by atoms with Crippen molar-refractivity contribution in [2.75, 3.05) is 19.6 Å². The van der Waals surface area contributed by atoms with Gasteiger partial charge in [0.1, 0.15) is 5.78 Å². The molecule has 0 radical (unpaired) electrons. The fourth-order valence-electron chi connectivity index (χ4n) is 3.00. The van der Waals surface area contributed by atoms with Crippen molar-refractivity contribution in [3.63, 3.8) is 0 Å². The maximum atomic E-state index is 12.4. The monoisotopic (exact) mass is 281 g/mol. The van der Waals surface area contributed by atoms with Crippen LogP contribution in [0, 0.1) is 23.2 Å². The molecule has 1 aliphatic carbocycles. The van der Waals surface area contributed by atoms with Crippen LogP contribution in [0.2, 0.25) is 0 Å². The van der Waals surface area contributed by atoms with Gasteiger partial charge in [0.2, 0.25) is 0 Å².